The maximum atomic E-state index is 13.1. The van der Waals surface area contributed by atoms with Gasteiger partial charge in [0.25, 0.3) is 0 Å². The van der Waals surface area contributed by atoms with Crippen molar-refractivity contribution in [1.29, 1.82) is 0 Å². The summed E-state index contributed by atoms with van der Waals surface area (Å²) in [6.07, 6.45) is 0. The maximum Gasteiger partial charge on any atom is 0.198 e. The van der Waals surface area contributed by atoms with Crippen LogP contribution in [0, 0.1) is 0 Å². The summed E-state index contributed by atoms with van der Waals surface area (Å²) in [5.74, 6) is 1.20. The summed E-state index contributed by atoms with van der Waals surface area (Å²) >= 11 is 0. The zero-order valence-electron chi connectivity index (χ0n) is 15.6. The van der Waals surface area contributed by atoms with Crippen LogP contribution in [0.1, 0.15) is 17.7 Å². The van der Waals surface area contributed by atoms with Gasteiger partial charge in [-0.05, 0) is 18.6 Å². The van der Waals surface area contributed by atoms with E-state index in [4.69, 9.17) is 9.47 Å². The molecule has 138 valence electrons. The number of anilines is 1. The highest BCUT2D eigenvalue weighted by Gasteiger charge is 2.22. The number of fused-ring (bicyclic) bond motifs is 1. The molecule has 1 aromatic heterocycles. The van der Waals surface area contributed by atoms with Crippen molar-refractivity contribution < 1.29 is 13.7 Å². The predicted molar refractivity (Wildman–Crippen MR) is 105 cm³/mol. The lowest BCUT2D eigenvalue weighted by atomic mass is 10.1. The van der Waals surface area contributed by atoms with Crippen LogP contribution >= 0.6 is 0 Å². The quantitative estimate of drug-likeness (QED) is 0.716. The highest BCUT2D eigenvalue weighted by molar-refractivity contribution is 7.85. The van der Waals surface area contributed by atoms with Crippen LogP contribution in [0.4, 0.5) is 5.69 Å². The molecule has 26 heavy (non-hydrogen) atoms. The molecule has 2 atom stereocenters. The predicted octanol–water partition coefficient (Wildman–Crippen LogP) is 3.51. The van der Waals surface area contributed by atoms with Crippen LogP contribution in [0.15, 0.2) is 41.6 Å². The largest absolute Gasteiger partial charge is 0.493 e. The van der Waals surface area contributed by atoms with E-state index in [-0.39, 0.29) is 5.25 Å². The average Bonchev–Trinajstić information content (AvgIpc) is 3.08. The van der Waals surface area contributed by atoms with E-state index in [2.05, 4.69) is 9.97 Å². The topological polar surface area (TPSA) is 67.5 Å². The lowest BCUT2D eigenvalue weighted by Gasteiger charge is -2.20. The Morgan fingerprint density at radius 3 is 2.42 bits per heavy atom. The van der Waals surface area contributed by atoms with Crippen molar-refractivity contribution in [2.75, 3.05) is 33.2 Å². The fourth-order valence-electron chi connectivity index (χ4n) is 2.93. The first-order chi connectivity index (χ1) is 12.5. The molecule has 1 heterocycles. The van der Waals surface area contributed by atoms with Crippen molar-refractivity contribution >= 4 is 27.5 Å². The van der Waals surface area contributed by atoms with Gasteiger partial charge in [0.15, 0.2) is 16.7 Å². The first kappa shape index (κ1) is 18.3. The number of nitrogens with one attached hydrogen (secondary N) is 1. The van der Waals surface area contributed by atoms with Crippen LogP contribution in [-0.2, 0) is 10.8 Å². The lowest BCUT2D eigenvalue weighted by molar-refractivity contribution is 0.356. The summed E-state index contributed by atoms with van der Waals surface area (Å²) in [4.78, 5) is 9.70. The fraction of sp³-hybridized carbons (Fsp3) is 0.316. The molecule has 0 aliphatic rings. The van der Waals surface area contributed by atoms with Crippen molar-refractivity contribution in [3.63, 3.8) is 0 Å². The van der Waals surface area contributed by atoms with Crippen molar-refractivity contribution in [1.82, 2.24) is 9.97 Å². The number of methoxy groups -OCH3 is 2. The van der Waals surface area contributed by atoms with Crippen molar-refractivity contribution in [3.05, 3.63) is 42.0 Å². The minimum absolute atomic E-state index is 0.210. The minimum atomic E-state index is -1.33. The van der Waals surface area contributed by atoms with E-state index < -0.39 is 10.8 Å². The number of aromatic nitrogens is 2. The smallest absolute Gasteiger partial charge is 0.198 e. The molecule has 0 aliphatic carbocycles. The Labute approximate surface area is 155 Å². The number of para-hydroxylation sites is 1. The summed E-state index contributed by atoms with van der Waals surface area (Å²) in [5, 5.41) is 0.231. The van der Waals surface area contributed by atoms with Gasteiger partial charge in [-0.2, -0.15) is 0 Å². The van der Waals surface area contributed by atoms with Gasteiger partial charge < -0.3 is 19.4 Å². The fourth-order valence-corrected chi connectivity index (χ4v) is 4.09. The second-order valence-electron chi connectivity index (χ2n) is 6.16. The summed E-state index contributed by atoms with van der Waals surface area (Å²) in [6.45, 7) is 1.95. The number of ether oxygens (including phenoxy) is 2. The van der Waals surface area contributed by atoms with Crippen molar-refractivity contribution in [3.8, 4) is 11.5 Å². The molecule has 2 unspecified atom stereocenters. The molecular weight excluding hydrogens is 350 g/mol. The summed E-state index contributed by atoms with van der Waals surface area (Å²) in [7, 11) is 5.79. The Kier molecular flexibility index (Phi) is 5.18. The number of benzene rings is 2. The van der Waals surface area contributed by atoms with Gasteiger partial charge in [-0.3, -0.25) is 4.21 Å². The number of hydrogen-bond acceptors (Lipinski definition) is 5. The molecule has 3 rings (SSSR count). The Morgan fingerprint density at radius 2 is 1.77 bits per heavy atom. The number of imidazole rings is 1. The molecule has 0 saturated carbocycles. The zero-order valence-corrected chi connectivity index (χ0v) is 16.4. The molecule has 6 nitrogen and oxygen atoms in total. The Morgan fingerprint density at radius 1 is 1.12 bits per heavy atom. The third-order valence-corrected chi connectivity index (χ3v) is 5.80. The Bertz CT molecular complexity index is 911. The minimum Gasteiger partial charge on any atom is -0.493 e. The number of nitrogens with zero attached hydrogens (tertiary/aromatic N) is 2. The zero-order chi connectivity index (χ0) is 18.8. The van der Waals surface area contributed by atoms with E-state index in [0.717, 1.165) is 16.8 Å². The Balaban J connectivity index is 2.00. The van der Waals surface area contributed by atoms with Crippen molar-refractivity contribution in [2.24, 2.45) is 0 Å². The molecule has 1 N–H and O–H groups in total. The van der Waals surface area contributed by atoms with Gasteiger partial charge in [-0.1, -0.05) is 18.2 Å². The van der Waals surface area contributed by atoms with Crippen LogP contribution in [0.25, 0.3) is 11.0 Å². The second kappa shape index (κ2) is 7.37. The summed E-state index contributed by atoms with van der Waals surface area (Å²) < 4.78 is 23.8. The normalized spacial score (nSPS) is 13.4. The van der Waals surface area contributed by atoms with Crippen LogP contribution in [0.2, 0.25) is 0 Å². The van der Waals surface area contributed by atoms with Gasteiger partial charge >= 0.3 is 0 Å². The van der Waals surface area contributed by atoms with E-state index in [1.54, 1.807) is 26.4 Å². The first-order valence-electron chi connectivity index (χ1n) is 8.24. The monoisotopic (exact) mass is 373 g/mol. The van der Waals surface area contributed by atoms with Gasteiger partial charge in [0.2, 0.25) is 0 Å². The highest BCUT2D eigenvalue weighted by atomic mass is 32.2. The van der Waals surface area contributed by atoms with Crippen LogP contribution in [-0.4, -0.2) is 42.5 Å². The van der Waals surface area contributed by atoms with Crippen LogP contribution in [0.5, 0.6) is 11.5 Å². The van der Waals surface area contributed by atoms with E-state index in [1.165, 1.54) is 0 Å². The Hall–Kier alpha value is -2.54. The SMILES string of the molecule is COc1cc2nc(S(=O)C(C)c3ccccc3N(C)C)[nH]c2cc1OC. The summed E-state index contributed by atoms with van der Waals surface area (Å²) in [5.41, 5.74) is 3.53. The standard InChI is InChI=1S/C19H23N3O3S/c1-12(13-8-6-7-9-16(13)22(2)3)26(23)19-20-14-10-17(24-4)18(25-5)11-15(14)21-19/h6-12H,1-5H3,(H,20,21). The number of rotatable bonds is 6. The molecule has 0 fully saturated rings. The van der Waals surface area contributed by atoms with Gasteiger partial charge in [0.05, 0.1) is 41.3 Å². The number of hydrogen-bond donors (Lipinski definition) is 1. The van der Waals surface area contributed by atoms with Gasteiger partial charge in [0.1, 0.15) is 0 Å². The molecule has 3 aromatic rings. The van der Waals surface area contributed by atoms with E-state index >= 15 is 0 Å². The first-order valence-corrected chi connectivity index (χ1v) is 9.46. The molecule has 0 bridgehead atoms. The molecule has 0 spiro atoms. The maximum absolute atomic E-state index is 13.1. The van der Waals surface area contributed by atoms with Gasteiger partial charge in [-0.15, -0.1) is 0 Å². The van der Waals surface area contributed by atoms with Crippen LogP contribution in [0.3, 0.4) is 0 Å². The van der Waals surface area contributed by atoms with Crippen LogP contribution < -0.4 is 14.4 Å². The molecular formula is C19H23N3O3S. The highest BCUT2D eigenvalue weighted by Crippen LogP contribution is 2.34. The third kappa shape index (κ3) is 3.26. The second-order valence-corrected chi connectivity index (χ2v) is 7.85. The molecule has 7 heteroatoms. The molecule has 0 saturated heterocycles. The molecule has 2 aromatic carbocycles. The van der Waals surface area contributed by atoms with Crippen molar-refractivity contribution in [2.45, 2.75) is 17.3 Å². The van der Waals surface area contributed by atoms with E-state index in [9.17, 15) is 4.21 Å². The van der Waals surface area contributed by atoms with Gasteiger partial charge in [0, 0.05) is 31.9 Å². The molecule has 0 amide bonds. The van der Waals surface area contributed by atoms with E-state index in [1.807, 2.05) is 50.2 Å². The number of H-pyrrole nitrogens is 1. The average molecular weight is 373 g/mol. The molecule has 0 radical (unpaired) electrons. The third-order valence-electron chi connectivity index (χ3n) is 4.33. The van der Waals surface area contributed by atoms with E-state index in [0.29, 0.717) is 22.2 Å². The summed E-state index contributed by atoms with van der Waals surface area (Å²) in [6, 6.07) is 11.6. The van der Waals surface area contributed by atoms with Gasteiger partial charge in [-0.25, -0.2) is 4.98 Å². The number of aromatic amines is 1. The lowest BCUT2D eigenvalue weighted by Crippen LogP contribution is -2.14. The molecule has 0 aliphatic heterocycles.